The Morgan fingerprint density at radius 2 is 1.58 bits per heavy atom. The second-order valence-electron chi connectivity index (χ2n) is 6.30. The highest BCUT2D eigenvalue weighted by Gasteiger charge is 2.36. The minimum atomic E-state index is -1.64. The van der Waals surface area contributed by atoms with Crippen LogP contribution >= 0.6 is 70.5 Å². The van der Waals surface area contributed by atoms with Crippen molar-refractivity contribution in [1.29, 1.82) is 0 Å². The Kier molecular flexibility index (Phi) is 9.58. The number of ether oxygens (including phenoxy) is 1. The maximum Gasteiger partial charge on any atom is 0.274 e. The first-order chi connectivity index (χ1) is 11.0. The lowest BCUT2D eigenvalue weighted by atomic mass is 10.2. The number of hydrogen-bond acceptors (Lipinski definition) is 6. The summed E-state index contributed by atoms with van der Waals surface area (Å²) in [6.07, 6.45) is 3.50. The molecule has 0 radical (unpaired) electrons. The van der Waals surface area contributed by atoms with E-state index in [0.717, 1.165) is 11.5 Å². The molecule has 0 saturated carbocycles. The van der Waals surface area contributed by atoms with Crippen LogP contribution in [0.1, 0.15) is 20.8 Å². The minimum Gasteiger partial charge on any atom is -0.468 e. The summed E-state index contributed by atoms with van der Waals surface area (Å²) in [6, 6.07) is 0. The van der Waals surface area contributed by atoms with E-state index in [1.54, 1.807) is 23.7 Å². The van der Waals surface area contributed by atoms with Gasteiger partial charge in [-0.1, -0.05) is 32.1 Å². The molecule has 10 heteroatoms. The van der Waals surface area contributed by atoms with Gasteiger partial charge in [-0.25, -0.2) is 9.97 Å². The molecular weight excluding hydrogens is 560 g/mol. The van der Waals surface area contributed by atoms with Gasteiger partial charge >= 0.3 is 0 Å². The van der Waals surface area contributed by atoms with E-state index in [1.807, 2.05) is 0 Å². The standard InChI is InChI=1S/C11H20BrNO2SSi.C3HBr2NS/c1-11(2,3)17(4,5)15-7-6-14-10-13-8-9(12)16-10;4-2-1-6-3(5)7-2/h8H,6-7H2,1-5H3;1H. The van der Waals surface area contributed by atoms with Crippen LogP contribution in [-0.2, 0) is 4.43 Å². The Balaban J connectivity index is 0.000000341. The molecule has 136 valence electrons. The lowest BCUT2D eigenvalue weighted by Gasteiger charge is -2.36. The van der Waals surface area contributed by atoms with Gasteiger partial charge in [0.05, 0.1) is 26.6 Å². The van der Waals surface area contributed by atoms with E-state index in [-0.39, 0.29) is 5.04 Å². The third-order valence-electron chi connectivity index (χ3n) is 3.48. The Morgan fingerprint density at radius 1 is 1.00 bits per heavy atom. The summed E-state index contributed by atoms with van der Waals surface area (Å²) in [6.45, 7) is 12.4. The molecule has 2 rings (SSSR count). The van der Waals surface area contributed by atoms with Crippen molar-refractivity contribution in [3.63, 3.8) is 0 Å². The van der Waals surface area contributed by atoms with Crippen molar-refractivity contribution in [3.05, 3.63) is 23.9 Å². The first-order valence-corrected chi connectivity index (χ1v) is 14.1. The van der Waals surface area contributed by atoms with Gasteiger partial charge < -0.3 is 9.16 Å². The van der Waals surface area contributed by atoms with Crippen molar-refractivity contribution in [2.24, 2.45) is 0 Å². The molecule has 0 amide bonds. The lowest BCUT2D eigenvalue weighted by molar-refractivity contribution is 0.203. The number of aromatic nitrogens is 2. The average molecular weight is 581 g/mol. The fourth-order valence-electron chi connectivity index (χ4n) is 1.18. The van der Waals surface area contributed by atoms with E-state index in [0.29, 0.717) is 18.4 Å². The zero-order chi connectivity index (χ0) is 18.4. The van der Waals surface area contributed by atoms with Gasteiger partial charge in [0, 0.05) is 0 Å². The van der Waals surface area contributed by atoms with Crippen LogP contribution in [0.25, 0.3) is 0 Å². The minimum absolute atomic E-state index is 0.247. The maximum atomic E-state index is 6.00. The van der Waals surface area contributed by atoms with Crippen LogP contribution in [0.2, 0.25) is 18.1 Å². The topological polar surface area (TPSA) is 44.2 Å². The quantitative estimate of drug-likeness (QED) is 0.283. The van der Waals surface area contributed by atoms with Crippen LogP contribution in [0.15, 0.2) is 23.9 Å². The third-order valence-corrected chi connectivity index (χ3v) is 11.4. The van der Waals surface area contributed by atoms with E-state index in [1.165, 1.54) is 11.3 Å². The zero-order valence-corrected chi connectivity index (χ0v) is 21.6. The van der Waals surface area contributed by atoms with Crippen LogP contribution < -0.4 is 4.74 Å². The molecule has 0 saturated heterocycles. The van der Waals surface area contributed by atoms with Gasteiger partial charge in [0.1, 0.15) is 6.61 Å². The summed E-state index contributed by atoms with van der Waals surface area (Å²) in [5.74, 6) is 0. The Hall–Kier alpha value is 0.677. The summed E-state index contributed by atoms with van der Waals surface area (Å²) >= 11 is 12.9. The molecule has 4 nitrogen and oxygen atoms in total. The normalized spacial score (nSPS) is 11.8. The second kappa shape index (κ2) is 10.1. The van der Waals surface area contributed by atoms with E-state index in [4.69, 9.17) is 9.16 Å². The molecule has 2 aromatic rings. The van der Waals surface area contributed by atoms with Crippen LogP contribution in [0, 0.1) is 0 Å². The zero-order valence-electron chi connectivity index (χ0n) is 14.2. The largest absolute Gasteiger partial charge is 0.468 e. The second-order valence-corrected chi connectivity index (χ2v) is 17.2. The monoisotopic (exact) mass is 578 g/mol. The maximum absolute atomic E-state index is 6.00. The fourth-order valence-corrected chi connectivity index (χ4v) is 5.46. The van der Waals surface area contributed by atoms with Crippen molar-refractivity contribution in [2.45, 2.75) is 38.9 Å². The number of rotatable bonds is 5. The molecule has 0 aliphatic rings. The van der Waals surface area contributed by atoms with Gasteiger partial charge in [-0.2, -0.15) is 0 Å². The molecule has 0 aliphatic carbocycles. The molecule has 24 heavy (non-hydrogen) atoms. The molecule has 0 aromatic carbocycles. The fraction of sp³-hybridized carbons (Fsp3) is 0.571. The Labute approximate surface area is 177 Å². The molecule has 0 aliphatic heterocycles. The van der Waals surface area contributed by atoms with Crippen molar-refractivity contribution >= 4 is 78.8 Å². The first kappa shape index (κ1) is 22.7. The summed E-state index contributed by atoms with van der Waals surface area (Å²) in [4.78, 5) is 8.01. The van der Waals surface area contributed by atoms with Crippen LogP contribution in [0.5, 0.6) is 5.19 Å². The van der Waals surface area contributed by atoms with Crippen LogP contribution in [0.4, 0.5) is 0 Å². The van der Waals surface area contributed by atoms with Gasteiger partial charge in [-0.3, -0.25) is 0 Å². The van der Waals surface area contributed by atoms with E-state index >= 15 is 0 Å². The third kappa shape index (κ3) is 8.37. The molecule has 2 heterocycles. The van der Waals surface area contributed by atoms with Gasteiger partial charge in [0.2, 0.25) is 0 Å². The Morgan fingerprint density at radius 3 is 1.96 bits per heavy atom. The highest BCUT2D eigenvalue weighted by atomic mass is 79.9. The number of thiazole rings is 2. The summed E-state index contributed by atoms with van der Waals surface area (Å²) in [5, 5.41) is 0.938. The highest BCUT2D eigenvalue weighted by Crippen LogP contribution is 2.36. The summed E-state index contributed by atoms with van der Waals surface area (Å²) < 4.78 is 14.5. The molecule has 0 bridgehead atoms. The number of halogens is 3. The molecular formula is C14H21Br3N2O2S2Si. The van der Waals surface area contributed by atoms with E-state index < -0.39 is 8.32 Å². The molecule has 0 unspecified atom stereocenters. The average Bonchev–Trinajstić information content (AvgIpc) is 3.03. The van der Waals surface area contributed by atoms with Gasteiger partial charge in [0.15, 0.2) is 12.2 Å². The Bertz CT molecular complexity index is 613. The molecule has 0 N–H and O–H groups in total. The van der Waals surface area contributed by atoms with Crippen LogP contribution in [-0.4, -0.2) is 31.5 Å². The molecule has 0 atom stereocenters. The van der Waals surface area contributed by atoms with Crippen molar-refractivity contribution in [3.8, 4) is 5.19 Å². The van der Waals surface area contributed by atoms with Gasteiger partial charge in [-0.05, 0) is 65.9 Å². The molecule has 0 spiro atoms. The predicted molar refractivity (Wildman–Crippen MR) is 116 cm³/mol. The number of hydrogen-bond donors (Lipinski definition) is 0. The smallest absolute Gasteiger partial charge is 0.274 e. The predicted octanol–water partition coefficient (Wildman–Crippen LogP) is 6.97. The summed E-state index contributed by atoms with van der Waals surface area (Å²) in [5.41, 5.74) is 0. The van der Waals surface area contributed by atoms with Crippen molar-refractivity contribution in [1.82, 2.24) is 9.97 Å². The SMILES string of the molecule is Brc1cnc(Br)s1.CC(C)(C)[Si](C)(C)OCCOc1ncc(Br)s1. The van der Waals surface area contributed by atoms with Gasteiger partial charge in [0.25, 0.3) is 5.19 Å². The molecule has 2 aromatic heterocycles. The molecule has 0 fully saturated rings. The van der Waals surface area contributed by atoms with Crippen LogP contribution in [0.3, 0.4) is 0 Å². The highest BCUT2D eigenvalue weighted by molar-refractivity contribution is 9.12. The van der Waals surface area contributed by atoms with Crippen molar-refractivity contribution in [2.75, 3.05) is 13.2 Å². The number of nitrogens with zero attached hydrogens (tertiary/aromatic N) is 2. The van der Waals surface area contributed by atoms with E-state index in [2.05, 4.69) is 91.6 Å². The van der Waals surface area contributed by atoms with E-state index in [9.17, 15) is 0 Å². The lowest BCUT2D eigenvalue weighted by Crippen LogP contribution is -2.41. The summed E-state index contributed by atoms with van der Waals surface area (Å²) in [7, 11) is -1.64. The van der Waals surface area contributed by atoms with Gasteiger partial charge in [-0.15, -0.1) is 11.3 Å². The van der Waals surface area contributed by atoms with Crippen molar-refractivity contribution < 1.29 is 9.16 Å². The first-order valence-electron chi connectivity index (χ1n) is 7.16.